The highest BCUT2D eigenvalue weighted by atomic mass is 32.1. The molecule has 0 fully saturated rings. The van der Waals surface area contributed by atoms with Gasteiger partial charge < -0.3 is 15.0 Å². The van der Waals surface area contributed by atoms with E-state index in [0.29, 0.717) is 22.5 Å². The molecule has 3 aromatic carbocycles. The number of H-pyrrole nitrogens is 1. The van der Waals surface area contributed by atoms with E-state index >= 15 is 0 Å². The van der Waals surface area contributed by atoms with Gasteiger partial charge in [0.15, 0.2) is 4.77 Å². The van der Waals surface area contributed by atoms with E-state index in [2.05, 4.69) is 10.3 Å². The smallest absolute Gasteiger partial charge is 0.266 e. The van der Waals surface area contributed by atoms with Gasteiger partial charge in [0.2, 0.25) is 0 Å². The monoisotopic (exact) mass is 449 g/mol. The number of anilines is 1. The lowest BCUT2D eigenvalue weighted by Crippen LogP contribution is -2.22. The van der Waals surface area contributed by atoms with Crippen molar-refractivity contribution in [3.05, 3.63) is 93.2 Å². The number of benzene rings is 3. The zero-order valence-electron chi connectivity index (χ0n) is 17.4. The van der Waals surface area contributed by atoms with Gasteiger partial charge in [0.25, 0.3) is 11.5 Å². The van der Waals surface area contributed by atoms with Crippen molar-refractivity contribution in [3.63, 3.8) is 0 Å². The number of rotatable bonds is 5. The molecule has 2 N–H and O–H groups in total. The molecule has 0 atom stereocenters. The third-order valence-electron chi connectivity index (χ3n) is 4.74. The number of hydrogen-bond donors (Lipinski definition) is 2. The minimum Gasteiger partial charge on any atom is -0.491 e. The molecule has 0 spiro atoms. The van der Waals surface area contributed by atoms with E-state index < -0.39 is 11.4 Å². The lowest BCUT2D eigenvalue weighted by atomic mass is 10.1. The second-order valence-corrected chi connectivity index (χ2v) is 7.81. The Kier molecular flexibility index (Phi) is 5.87. The van der Waals surface area contributed by atoms with Crippen molar-refractivity contribution < 1.29 is 13.9 Å². The number of amides is 1. The van der Waals surface area contributed by atoms with Crippen LogP contribution in [0.5, 0.6) is 5.75 Å². The van der Waals surface area contributed by atoms with Crippen LogP contribution in [-0.2, 0) is 0 Å². The largest absolute Gasteiger partial charge is 0.491 e. The molecule has 162 valence electrons. The summed E-state index contributed by atoms with van der Waals surface area (Å²) in [4.78, 5) is 28.6. The molecule has 6 nitrogen and oxygen atoms in total. The van der Waals surface area contributed by atoms with Crippen LogP contribution < -0.4 is 15.6 Å². The van der Waals surface area contributed by atoms with Gasteiger partial charge in [0.05, 0.1) is 22.7 Å². The van der Waals surface area contributed by atoms with E-state index in [1.54, 1.807) is 36.4 Å². The van der Waals surface area contributed by atoms with Crippen LogP contribution in [0.2, 0.25) is 0 Å². The van der Waals surface area contributed by atoms with Crippen LogP contribution in [0.1, 0.15) is 24.2 Å². The fraction of sp³-hybridized carbons (Fsp3) is 0.125. The molecule has 4 aromatic rings. The molecule has 4 rings (SSSR count). The molecule has 1 amide bonds. The summed E-state index contributed by atoms with van der Waals surface area (Å²) in [5, 5.41) is 3.10. The van der Waals surface area contributed by atoms with Crippen LogP contribution in [0, 0.1) is 10.6 Å². The molecule has 0 unspecified atom stereocenters. The minimum absolute atomic E-state index is 0.0332. The number of halogens is 1. The van der Waals surface area contributed by atoms with Crippen LogP contribution >= 0.6 is 12.2 Å². The van der Waals surface area contributed by atoms with Gasteiger partial charge in [-0.15, -0.1) is 0 Å². The Bertz CT molecular complexity index is 1430. The van der Waals surface area contributed by atoms with Crippen LogP contribution in [0.15, 0.2) is 71.5 Å². The number of hydrogen-bond acceptors (Lipinski definition) is 4. The summed E-state index contributed by atoms with van der Waals surface area (Å²) < 4.78 is 21.0. The Morgan fingerprint density at radius 2 is 1.81 bits per heavy atom. The van der Waals surface area contributed by atoms with Crippen LogP contribution in [0.25, 0.3) is 16.6 Å². The number of carbonyl (C=O) groups is 1. The van der Waals surface area contributed by atoms with E-state index in [4.69, 9.17) is 17.0 Å². The number of nitrogens with one attached hydrogen (secondary N) is 2. The molecule has 1 heterocycles. The van der Waals surface area contributed by atoms with Gasteiger partial charge in [-0.2, -0.15) is 0 Å². The van der Waals surface area contributed by atoms with Gasteiger partial charge in [-0.1, -0.05) is 12.1 Å². The number of carbonyl (C=O) groups excluding carboxylic acids is 1. The molecule has 0 radical (unpaired) electrons. The molecule has 32 heavy (non-hydrogen) atoms. The Morgan fingerprint density at radius 1 is 1.09 bits per heavy atom. The normalized spacial score (nSPS) is 11.0. The van der Waals surface area contributed by atoms with E-state index in [-0.39, 0.29) is 27.9 Å². The second kappa shape index (κ2) is 8.76. The molecule has 0 aliphatic rings. The van der Waals surface area contributed by atoms with Crippen molar-refractivity contribution in [1.82, 2.24) is 9.55 Å². The van der Waals surface area contributed by atoms with E-state index in [1.165, 1.54) is 30.3 Å². The zero-order chi connectivity index (χ0) is 22.8. The standard InChI is InChI=1S/C24H20FN3O3S/c1-14(2)31-17-10-8-16(9-11-17)26-22(29)15-7-12-18-20(13-15)27-24(32)28(23(18)30)21-6-4-3-5-19(21)25/h3-14H,1-2H3,(H,26,29)(H,27,32). The van der Waals surface area contributed by atoms with E-state index in [9.17, 15) is 14.0 Å². The molecular weight excluding hydrogens is 429 g/mol. The third kappa shape index (κ3) is 4.31. The molecule has 8 heteroatoms. The Hall–Kier alpha value is -3.78. The predicted octanol–water partition coefficient (Wildman–Crippen LogP) is 5.23. The maximum absolute atomic E-state index is 14.2. The summed E-state index contributed by atoms with van der Waals surface area (Å²) in [5.41, 5.74) is 0.928. The summed E-state index contributed by atoms with van der Waals surface area (Å²) in [6, 6.07) is 17.6. The van der Waals surface area contributed by atoms with Gasteiger partial charge in [-0.3, -0.25) is 9.59 Å². The first kappa shape index (κ1) is 21.5. The molecule has 0 aliphatic carbocycles. The average molecular weight is 450 g/mol. The number of nitrogens with zero attached hydrogens (tertiary/aromatic N) is 1. The quantitative estimate of drug-likeness (QED) is 0.409. The average Bonchev–Trinajstić information content (AvgIpc) is 2.75. The number of aromatic amines is 1. The summed E-state index contributed by atoms with van der Waals surface area (Å²) in [6.07, 6.45) is 0.0570. The van der Waals surface area contributed by atoms with E-state index in [0.717, 1.165) is 4.57 Å². The molecule has 0 bridgehead atoms. The van der Waals surface area contributed by atoms with Crippen LogP contribution in [-0.4, -0.2) is 21.6 Å². The van der Waals surface area contributed by atoms with Crippen molar-refractivity contribution in [2.45, 2.75) is 20.0 Å². The first-order chi connectivity index (χ1) is 15.3. The topological polar surface area (TPSA) is 76.1 Å². The summed E-state index contributed by atoms with van der Waals surface area (Å²) in [7, 11) is 0. The predicted molar refractivity (Wildman–Crippen MR) is 125 cm³/mol. The number of para-hydroxylation sites is 1. The number of ether oxygens (including phenoxy) is 1. The number of fused-ring (bicyclic) bond motifs is 1. The first-order valence-electron chi connectivity index (χ1n) is 9.95. The highest BCUT2D eigenvalue weighted by molar-refractivity contribution is 7.71. The van der Waals surface area contributed by atoms with Crippen LogP contribution in [0.3, 0.4) is 0 Å². The Balaban J connectivity index is 1.65. The molecule has 1 aromatic heterocycles. The zero-order valence-corrected chi connectivity index (χ0v) is 18.2. The van der Waals surface area contributed by atoms with Crippen molar-refractivity contribution in [2.24, 2.45) is 0 Å². The maximum atomic E-state index is 14.2. The highest BCUT2D eigenvalue weighted by Crippen LogP contribution is 2.19. The molecule has 0 saturated carbocycles. The molecule has 0 saturated heterocycles. The molecular formula is C24H20FN3O3S. The first-order valence-corrected chi connectivity index (χ1v) is 10.4. The van der Waals surface area contributed by atoms with Crippen LogP contribution in [0.4, 0.5) is 10.1 Å². The number of aromatic nitrogens is 2. The second-order valence-electron chi connectivity index (χ2n) is 7.43. The van der Waals surface area contributed by atoms with Gasteiger partial charge >= 0.3 is 0 Å². The summed E-state index contributed by atoms with van der Waals surface area (Å²) in [5.74, 6) is -0.196. The van der Waals surface area contributed by atoms with Gasteiger partial charge in [-0.25, -0.2) is 8.96 Å². The lowest BCUT2D eigenvalue weighted by molar-refractivity contribution is 0.102. The highest BCUT2D eigenvalue weighted by Gasteiger charge is 2.13. The van der Waals surface area contributed by atoms with E-state index in [1.807, 2.05) is 13.8 Å². The van der Waals surface area contributed by atoms with Crippen molar-refractivity contribution >= 4 is 34.7 Å². The molecule has 0 aliphatic heterocycles. The summed E-state index contributed by atoms with van der Waals surface area (Å²) in [6.45, 7) is 3.87. The summed E-state index contributed by atoms with van der Waals surface area (Å²) >= 11 is 5.29. The fourth-order valence-corrected chi connectivity index (χ4v) is 3.59. The van der Waals surface area contributed by atoms with Gasteiger partial charge in [0.1, 0.15) is 11.6 Å². The van der Waals surface area contributed by atoms with Crippen molar-refractivity contribution in [3.8, 4) is 11.4 Å². The van der Waals surface area contributed by atoms with Gasteiger partial charge in [-0.05, 0) is 80.7 Å². The lowest BCUT2D eigenvalue weighted by Gasteiger charge is -2.11. The SMILES string of the molecule is CC(C)Oc1ccc(NC(=O)c2ccc3c(=O)n(-c4ccccc4F)c(=S)[nH]c3c2)cc1. The third-order valence-corrected chi connectivity index (χ3v) is 5.02. The maximum Gasteiger partial charge on any atom is 0.266 e. The van der Waals surface area contributed by atoms with Crippen molar-refractivity contribution in [1.29, 1.82) is 0 Å². The fourth-order valence-electron chi connectivity index (χ4n) is 3.30. The van der Waals surface area contributed by atoms with Gasteiger partial charge in [0, 0.05) is 11.3 Å². The minimum atomic E-state index is -0.561. The Labute approximate surface area is 188 Å². The Morgan fingerprint density at radius 3 is 2.50 bits per heavy atom. The van der Waals surface area contributed by atoms with Crippen molar-refractivity contribution in [2.75, 3.05) is 5.32 Å².